The van der Waals surface area contributed by atoms with E-state index in [4.69, 9.17) is 0 Å². The number of hydrogen-bond acceptors (Lipinski definition) is 2. The summed E-state index contributed by atoms with van der Waals surface area (Å²) in [5.74, 6) is 0.0547. The Morgan fingerprint density at radius 3 is 2.68 bits per heavy atom. The van der Waals surface area contributed by atoms with E-state index in [0.717, 1.165) is 32.1 Å². The second kappa shape index (κ2) is 8.65. The molecule has 0 spiro atoms. The summed E-state index contributed by atoms with van der Waals surface area (Å²) < 4.78 is 0. The quantitative estimate of drug-likeness (QED) is 0.909. The average molecular weight is 338 g/mol. The zero-order valence-corrected chi connectivity index (χ0v) is 14.7. The maximum absolute atomic E-state index is 12.2. The summed E-state index contributed by atoms with van der Waals surface area (Å²) in [4.78, 5) is 25.9. The molecule has 2 aromatic rings. The smallest absolute Gasteiger partial charge is 0.239 e. The minimum absolute atomic E-state index is 0.0605. The molecule has 0 aromatic heterocycles. The lowest BCUT2D eigenvalue weighted by Crippen LogP contribution is -2.42. The number of likely N-dealkylation sites (tertiary alicyclic amines) is 1. The van der Waals surface area contributed by atoms with Crippen LogP contribution in [0.25, 0.3) is 10.8 Å². The molecule has 4 heteroatoms. The maximum atomic E-state index is 12.2. The fraction of sp³-hybridized carbons (Fsp3) is 0.429. The van der Waals surface area contributed by atoms with Crippen molar-refractivity contribution in [2.24, 2.45) is 0 Å². The predicted molar refractivity (Wildman–Crippen MR) is 100 cm³/mol. The standard InChI is InChI=1S/C21H26N2O2/c24-20(16-23-14-6-2-1-3-9-21(23)25)22-13-12-17-10-11-18-7-4-5-8-19(18)15-17/h4-5,7-8,10-11,15H,1-3,6,9,12-14,16H2,(H,22,24). The number of carbonyl (C=O) groups is 2. The Hall–Kier alpha value is -2.36. The summed E-state index contributed by atoms with van der Waals surface area (Å²) in [6, 6.07) is 14.7. The Labute approximate surface area is 149 Å². The molecule has 2 amide bonds. The van der Waals surface area contributed by atoms with Crippen LogP contribution >= 0.6 is 0 Å². The van der Waals surface area contributed by atoms with Crippen molar-refractivity contribution in [2.75, 3.05) is 19.6 Å². The van der Waals surface area contributed by atoms with Crippen molar-refractivity contribution in [2.45, 2.75) is 38.5 Å². The topological polar surface area (TPSA) is 49.4 Å². The summed E-state index contributed by atoms with van der Waals surface area (Å²) >= 11 is 0. The van der Waals surface area contributed by atoms with E-state index in [2.05, 4.69) is 35.6 Å². The van der Waals surface area contributed by atoms with Gasteiger partial charge in [-0.3, -0.25) is 9.59 Å². The second-order valence-electron chi connectivity index (χ2n) is 6.76. The van der Waals surface area contributed by atoms with Crippen LogP contribution in [0.5, 0.6) is 0 Å². The molecule has 1 fully saturated rings. The van der Waals surface area contributed by atoms with Crippen LogP contribution in [0.15, 0.2) is 42.5 Å². The Morgan fingerprint density at radius 2 is 1.80 bits per heavy atom. The van der Waals surface area contributed by atoms with Crippen LogP contribution in [0.1, 0.15) is 37.7 Å². The number of hydrogen-bond donors (Lipinski definition) is 1. The first-order chi connectivity index (χ1) is 12.2. The van der Waals surface area contributed by atoms with E-state index in [0.29, 0.717) is 19.5 Å². The molecule has 1 aliphatic rings. The molecule has 0 atom stereocenters. The highest BCUT2D eigenvalue weighted by Gasteiger charge is 2.18. The third kappa shape index (κ3) is 5.05. The number of carbonyl (C=O) groups excluding carboxylic acids is 2. The fourth-order valence-electron chi connectivity index (χ4n) is 3.35. The zero-order valence-electron chi connectivity index (χ0n) is 14.7. The van der Waals surface area contributed by atoms with Crippen molar-refractivity contribution in [1.29, 1.82) is 0 Å². The van der Waals surface area contributed by atoms with E-state index in [1.165, 1.54) is 16.3 Å². The van der Waals surface area contributed by atoms with Gasteiger partial charge < -0.3 is 10.2 Å². The van der Waals surface area contributed by atoms with E-state index in [9.17, 15) is 9.59 Å². The van der Waals surface area contributed by atoms with Gasteiger partial charge in [-0.15, -0.1) is 0 Å². The molecule has 0 bridgehead atoms. The highest BCUT2D eigenvalue weighted by Crippen LogP contribution is 2.16. The van der Waals surface area contributed by atoms with Crippen molar-refractivity contribution in [3.8, 4) is 0 Å². The van der Waals surface area contributed by atoms with Crippen molar-refractivity contribution in [3.63, 3.8) is 0 Å². The van der Waals surface area contributed by atoms with Gasteiger partial charge >= 0.3 is 0 Å². The Bertz CT molecular complexity index is 742. The van der Waals surface area contributed by atoms with Gasteiger partial charge in [-0.05, 0) is 35.6 Å². The molecule has 0 saturated carbocycles. The lowest BCUT2D eigenvalue weighted by atomic mass is 10.1. The van der Waals surface area contributed by atoms with Crippen LogP contribution in [0, 0.1) is 0 Å². The zero-order chi connectivity index (χ0) is 17.5. The predicted octanol–water partition coefficient (Wildman–Crippen LogP) is 3.29. The lowest BCUT2D eigenvalue weighted by Gasteiger charge is -2.24. The van der Waals surface area contributed by atoms with Crippen LogP contribution in [0.4, 0.5) is 0 Å². The van der Waals surface area contributed by atoms with Gasteiger partial charge in [0.05, 0.1) is 6.54 Å². The Morgan fingerprint density at radius 1 is 1.00 bits per heavy atom. The van der Waals surface area contributed by atoms with Crippen molar-refractivity contribution in [1.82, 2.24) is 10.2 Å². The van der Waals surface area contributed by atoms with Crippen LogP contribution < -0.4 is 5.32 Å². The molecule has 1 saturated heterocycles. The van der Waals surface area contributed by atoms with Gasteiger partial charge in [-0.25, -0.2) is 0 Å². The van der Waals surface area contributed by atoms with E-state index in [1.54, 1.807) is 4.90 Å². The lowest BCUT2D eigenvalue weighted by molar-refractivity contribution is -0.136. The molecule has 3 rings (SSSR count). The number of rotatable bonds is 5. The van der Waals surface area contributed by atoms with Crippen LogP contribution in [0.2, 0.25) is 0 Å². The first kappa shape index (κ1) is 17.5. The van der Waals surface area contributed by atoms with Gasteiger partial charge in [0.15, 0.2) is 0 Å². The summed E-state index contributed by atoms with van der Waals surface area (Å²) in [6.07, 6.45) is 5.58. The molecule has 132 valence electrons. The summed E-state index contributed by atoms with van der Waals surface area (Å²) in [5.41, 5.74) is 1.21. The summed E-state index contributed by atoms with van der Waals surface area (Å²) in [6.45, 7) is 1.49. The Balaban J connectivity index is 1.47. The van der Waals surface area contributed by atoms with Gasteiger partial charge in [0.1, 0.15) is 0 Å². The molecule has 2 aromatic carbocycles. The molecule has 0 radical (unpaired) electrons. The van der Waals surface area contributed by atoms with Crippen LogP contribution in [0.3, 0.4) is 0 Å². The monoisotopic (exact) mass is 338 g/mol. The average Bonchev–Trinajstić information content (AvgIpc) is 2.61. The molecular weight excluding hydrogens is 312 g/mol. The molecule has 0 unspecified atom stereocenters. The minimum Gasteiger partial charge on any atom is -0.354 e. The van der Waals surface area contributed by atoms with E-state index >= 15 is 0 Å². The van der Waals surface area contributed by atoms with Crippen LogP contribution in [-0.4, -0.2) is 36.3 Å². The van der Waals surface area contributed by atoms with E-state index in [-0.39, 0.29) is 18.4 Å². The minimum atomic E-state index is -0.0605. The van der Waals surface area contributed by atoms with Gasteiger partial charge in [0.25, 0.3) is 0 Å². The third-order valence-electron chi connectivity index (χ3n) is 4.81. The van der Waals surface area contributed by atoms with Crippen LogP contribution in [-0.2, 0) is 16.0 Å². The molecular formula is C21H26N2O2. The summed E-state index contributed by atoms with van der Waals surface area (Å²) in [5, 5.41) is 5.40. The molecule has 0 aliphatic carbocycles. The molecule has 1 aliphatic heterocycles. The molecule has 4 nitrogen and oxygen atoms in total. The van der Waals surface area contributed by atoms with Gasteiger partial charge in [-0.2, -0.15) is 0 Å². The van der Waals surface area contributed by atoms with Crippen molar-refractivity contribution in [3.05, 3.63) is 48.0 Å². The fourth-order valence-corrected chi connectivity index (χ4v) is 3.35. The molecule has 1 heterocycles. The number of nitrogens with zero attached hydrogens (tertiary/aromatic N) is 1. The molecule has 25 heavy (non-hydrogen) atoms. The second-order valence-corrected chi connectivity index (χ2v) is 6.76. The van der Waals surface area contributed by atoms with Gasteiger partial charge in [0.2, 0.25) is 11.8 Å². The van der Waals surface area contributed by atoms with Crippen molar-refractivity contribution < 1.29 is 9.59 Å². The van der Waals surface area contributed by atoms with Gasteiger partial charge in [0, 0.05) is 19.5 Å². The number of amides is 2. The number of benzene rings is 2. The third-order valence-corrected chi connectivity index (χ3v) is 4.81. The van der Waals surface area contributed by atoms with Gasteiger partial charge in [-0.1, -0.05) is 55.3 Å². The highest BCUT2D eigenvalue weighted by atomic mass is 16.2. The number of fused-ring (bicyclic) bond motifs is 1. The number of nitrogens with one attached hydrogen (secondary N) is 1. The van der Waals surface area contributed by atoms with E-state index < -0.39 is 0 Å². The Kier molecular flexibility index (Phi) is 6.04. The van der Waals surface area contributed by atoms with E-state index in [1.807, 2.05) is 12.1 Å². The normalized spacial score (nSPS) is 15.7. The summed E-state index contributed by atoms with van der Waals surface area (Å²) in [7, 11) is 0. The van der Waals surface area contributed by atoms with Crippen molar-refractivity contribution >= 4 is 22.6 Å². The SMILES string of the molecule is O=C(CN1CCCCCCC1=O)NCCc1ccc2ccccc2c1. The molecule has 1 N–H and O–H groups in total. The first-order valence-corrected chi connectivity index (χ1v) is 9.24. The largest absolute Gasteiger partial charge is 0.354 e. The highest BCUT2D eigenvalue weighted by molar-refractivity contribution is 5.85. The maximum Gasteiger partial charge on any atom is 0.239 e. The first-order valence-electron chi connectivity index (χ1n) is 9.24.